The lowest BCUT2D eigenvalue weighted by Gasteiger charge is -2.07. The molecule has 2 aromatic rings. The van der Waals surface area contributed by atoms with Gasteiger partial charge in [-0.15, -0.1) is 0 Å². The number of anilines is 2. The van der Waals surface area contributed by atoms with Crippen LogP contribution in [0.1, 0.15) is 42.5 Å². The molecule has 0 heterocycles. The maximum Gasteiger partial charge on any atom is 0.319 e. The Kier molecular flexibility index (Phi) is 22.4. The number of nitrogens with two attached hydrogens (primary N) is 1. The van der Waals surface area contributed by atoms with Gasteiger partial charge in [0.05, 0.1) is 5.84 Å². The number of rotatable bonds is 5. The highest BCUT2D eigenvalue weighted by Crippen LogP contribution is 2.08. The van der Waals surface area contributed by atoms with E-state index >= 15 is 0 Å². The Morgan fingerprint density at radius 3 is 1.59 bits per heavy atom. The van der Waals surface area contributed by atoms with Crippen LogP contribution in [-0.4, -0.2) is 36.6 Å². The zero-order chi connectivity index (χ0) is 24.4. The molecule has 6 N–H and O–H groups in total. The van der Waals surface area contributed by atoms with E-state index in [-0.39, 0.29) is 32.5 Å². The van der Waals surface area contributed by atoms with Gasteiger partial charge in [0.2, 0.25) is 0 Å². The first-order chi connectivity index (χ1) is 15.2. The second-order valence-electron chi connectivity index (χ2n) is 6.10. The van der Waals surface area contributed by atoms with Gasteiger partial charge in [0, 0.05) is 31.0 Å². The number of nitrogens with one attached hydrogen (secondary N) is 4. The SMILES string of the molecule is C.C.CCN=C(C)N.CCNC(=O)Nc1ccc(F)cc1.CCNC(=S)Nc1ccc(F)cc1. The molecule has 0 unspecified atom stereocenters. The largest absolute Gasteiger partial charge is 0.388 e. The van der Waals surface area contributed by atoms with Crippen LogP contribution in [0.2, 0.25) is 0 Å². The van der Waals surface area contributed by atoms with Crippen molar-refractivity contribution in [2.75, 3.05) is 30.3 Å². The van der Waals surface area contributed by atoms with Crippen LogP contribution < -0.4 is 27.0 Å². The maximum absolute atomic E-state index is 12.5. The number of carbonyl (C=O) groups excluding carboxylic acids is 1. The van der Waals surface area contributed by atoms with Gasteiger partial charge in [-0.2, -0.15) is 0 Å². The third-order valence-corrected chi connectivity index (χ3v) is 3.53. The highest BCUT2D eigenvalue weighted by molar-refractivity contribution is 7.80. The standard InChI is InChI=1S/C9H11FN2O.C9H11FN2S.C4H10N2.2CH4/c2*1-2-11-9(13)12-8-5-3-7(10)4-6-8;1-3-6-4(2)5;;/h2*3-6H,2H2,1H3,(H2,11,12,13);3H2,1-2H3,(H2,5,6);2*1H4. The number of amidine groups is 1. The average molecular weight is 499 g/mol. The number of amides is 2. The Bertz CT molecular complexity index is 765. The third kappa shape index (κ3) is 19.4. The summed E-state index contributed by atoms with van der Waals surface area (Å²) in [6.07, 6.45) is 0. The summed E-state index contributed by atoms with van der Waals surface area (Å²) in [7, 11) is 0. The van der Waals surface area contributed by atoms with E-state index in [0.717, 1.165) is 18.8 Å². The fraction of sp³-hybridized carbons (Fsp3) is 0.375. The summed E-state index contributed by atoms with van der Waals surface area (Å²) in [5.74, 6) is 0.0962. The Hall–Kier alpha value is -3.27. The Labute approximate surface area is 208 Å². The van der Waals surface area contributed by atoms with Crippen molar-refractivity contribution in [1.82, 2.24) is 10.6 Å². The van der Waals surface area contributed by atoms with Gasteiger partial charge in [0.25, 0.3) is 0 Å². The molecule has 0 bridgehead atoms. The molecule has 2 aromatic carbocycles. The lowest BCUT2D eigenvalue weighted by Crippen LogP contribution is -2.28. The molecule has 0 aliphatic heterocycles. The molecule has 0 atom stereocenters. The van der Waals surface area contributed by atoms with Crippen molar-refractivity contribution in [3.63, 3.8) is 0 Å². The van der Waals surface area contributed by atoms with Crippen LogP contribution in [-0.2, 0) is 0 Å². The van der Waals surface area contributed by atoms with Crippen molar-refractivity contribution in [2.24, 2.45) is 10.7 Å². The van der Waals surface area contributed by atoms with Gasteiger partial charge in [0.1, 0.15) is 11.6 Å². The number of thiocarbonyl (C=S) groups is 1. The van der Waals surface area contributed by atoms with Crippen LogP contribution in [0.5, 0.6) is 0 Å². The number of nitrogens with zero attached hydrogens (tertiary/aromatic N) is 1. The summed E-state index contributed by atoms with van der Waals surface area (Å²) in [5.41, 5.74) is 6.51. The van der Waals surface area contributed by atoms with Crippen LogP contribution in [0.4, 0.5) is 25.0 Å². The minimum Gasteiger partial charge on any atom is -0.388 e. The molecular weight excluding hydrogens is 458 g/mol. The molecular formula is C24H40F2N6OS. The number of aliphatic imine (C=N–C) groups is 1. The zero-order valence-electron chi connectivity index (χ0n) is 18.8. The van der Waals surface area contributed by atoms with Gasteiger partial charge in [0.15, 0.2) is 5.11 Å². The number of benzene rings is 2. The van der Waals surface area contributed by atoms with E-state index in [9.17, 15) is 13.6 Å². The van der Waals surface area contributed by atoms with E-state index in [4.69, 9.17) is 18.0 Å². The van der Waals surface area contributed by atoms with Crippen LogP contribution in [0.3, 0.4) is 0 Å². The lowest BCUT2D eigenvalue weighted by molar-refractivity contribution is 0.252. The fourth-order valence-electron chi connectivity index (χ4n) is 1.99. The summed E-state index contributed by atoms with van der Waals surface area (Å²) >= 11 is 4.95. The van der Waals surface area contributed by atoms with Crippen LogP contribution >= 0.6 is 12.2 Å². The molecule has 0 aliphatic rings. The van der Waals surface area contributed by atoms with Gasteiger partial charge in [-0.3, -0.25) is 4.99 Å². The average Bonchev–Trinajstić information content (AvgIpc) is 2.73. The summed E-state index contributed by atoms with van der Waals surface area (Å²) in [6.45, 7) is 9.64. The van der Waals surface area contributed by atoms with Crippen molar-refractivity contribution in [2.45, 2.75) is 42.5 Å². The van der Waals surface area contributed by atoms with Gasteiger partial charge < -0.3 is 27.0 Å². The molecule has 0 fully saturated rings. The zero-order valence-corrected chi connectivity index (χ0v) is 19.7. The quantitative estimate of drug-likeness (QED) is 0.205. The van der Waals surface area contributed by atoms with Crippen molar-refractivity contribution < 1.29 is 13.6 Å². The van der Waals surface area contributed by atoms with Gasteiger partial charge in [-0.1, -0.05) is 14.9 Å². The smallest absolute Gasteiger partial charge is 0.319 e. The van der Waals surface area contributed by atoms with Gasteiger partial charge in [-0.05, 0) is 88.4 Å². The minimum absolute atomic E-state index is 0. The molecule has 7 nitrogen and oxygen atoms in total. The van der Waals surface area contributed by atoms with E-state index in [1.54, 1.807) is 19.1 Å². The molecule has 0 aliphatic carbocycles. The van der Waals surface area contributed by atoms with Crippen molar-refractivity contribution in [3.8, 4) is 0 Å². The summed E-state index contributed by atoms with van der Waals surface area (Å²) in [6, 6.07) is 11.4. The molecule has 0 saturated heterocycles. The first kappa shape index (κ1) is 35.3. The predicted octanol–water partition coefficient (Wildman–Crippen LogP) is 5.75. The van der Waals surface area contributed by atoms with Gasteiger partial charge >= 0.3 is 6.03 Å². The van der Waals surface area contributed by atoms with E-state index in [2.05, 4.69) is 26.3 Å². The molecule has 0 radical (unpaired) electrons. The molecule has 2 rings (SSSR count). The lowest BCUT2D eigenvalue weighted by atomic mass is 10.3. The number of halogens is 2. The Morgan fingerprint density at radius 2 is 1.26 bits per heavy atom. The maximum atomic E-state index is 12.5. The molecule has 34 heavy (non-hydrogen) atoms. The monoisotopic (exact) mass is 498 g/mol. The molecule has 10 heteroatoms. The highest BCUT2D eigenvalue weighted by atomic mass is 32.1. The van der Waals surface area contributed by atoms with Crippen molar-refractivity contribution >= 4 is 40.6 Å². The second-order valence-corrected chi connectivity index (χ2v) is 6.51. The highest BCUT2D eigenvalue weighted by Gasteiger charge is 1.98. The second kappa shape index (κ2) is 21.6. The van der Waals surface area contributed by atoms with Crippen molar-refractivity contribution in [3.05, 3.63) is 60.2 Å². The van der Waals surface area contributed by atoms with Crippen molar-refractivity contribution in [1.29, 1.82) is 0 Å². The predicted molar refractivity (Wildman–Crippen MR) is 147 cm³/mol. The first-order valence-electron chi connectivity index (χ1n) is 10.1. The Morgan fingerprint density at radius 1 is 0.853 bits per heavy atom. The number of hydrogen-bond donors (Lipinski definition) is 5. The Balaban J connectivity index is -0.000000439. The van der Waals surface area contributed by atoms with Crippen LogP contribution in [0, 0.1) is 11.6 Å². The molecule has 0 saturated carbocycles. The normalized spacial score (nSPS) is 9.29. The number of urea groups is 1. The topological polar surface area (TPSA) is 104 Å². The van der Waals surface area contributed by atoms with E-state index < -0.39 is 0 Å². The minimum atomic E-state index is -0.318. The molecule has 0 aromatic heterocycles. The van der Waals surface area contributed by atoms with Gasteiger partial charge in [-0.25, -0.2) is 13.6 Å². The number of hydrogen-bond acceptors (Lipinski definition) is 3. The fourth-order valence-corrected chi connectivity index (χ4v) is 2.25. The molecule has 192 valence electrons. The third-order valence-electron chi connectivity index (χ3n) is 3.29. The van der Waals surface area contributed by atoms with E-state index in [0.29, 0.717) is 23.2 Å². The molecule has 2 amide bonds. The number of carbonyl (C=O) groups is 1. The summed E-state index contributed by atoms with van der Waals surface area (Å²) in [4.78, 5) is 14.8. The summed E-state index contributed by atoms with van der Waals surface area (Å²) in [5, 5.41) is 11.5. The molecule has 0 spiro atoms. The van der Waals surface area contributed by atoms with Crippen LogP contribution in [0.15, 0.2) is 53.5 Å². The summed E-state index contributed by atoms with van der Waals surface area (Å²) < 4.78 is 24.9. The van der Waals surface area contributed by atoms with E-state index in [1.165, 1.54) is 36.4 Å². The van der Waals surface area contributed by atoms with Crippen LogP contribution in [0.25, 0.3) is 0 Å². The first-order valence-corrected chi connectivity index (χ1v) is 10.5. The van der Waals surface area contributed by atoms with E-state index in [1.807, 2.05) is 20.8 Å².